The average molecular weight is 337 g/mol. The monoisotopic (exact) mass is 336 g/mol. The number of carbonyl (C=O) groups is 1. The molecule has 1 saturated heterocycles. The Morgan fingerprint density at radius 1 is 1.35 bits per heavy atom. The van der Waals surface area contributed by atoms with Gasteiger partial charge in [0.15, 0.2) is 9.84 Å². The zero-order valence-corrected chi connectivity index (χ0v) is 13.1. The van der Waals surface area contributed by atoms with Gasteiger partial charge in [0.1, 0.15) is 6.10 Å². The molecule has 2 rings (SSSR count). The van der Waals surface area contributed by atoms with Gasteiger partial charge >= 0.3 is 5.97 Å². The third kappa shape index (κ3) is 3.65. The van der Waals surface area contributed by atoms with Gasteiger partial charge in [0, 0.05) is 0 Å². The van der Waals surface area contributed by atoms with E-state index in [1.807, 2.05) is 0 Å². The largest absolute Gasteiger partial charge is 0.461 e. The molecule has 0 spiro atoms. The molecule has 0 N–H and O–H groups in total. The van der Waals surface area contributed by atoms with Crippen LogP contribution in [0.1, 0.15) is 24.8 Å². The number of halogens is 2. The fourth-order valence-corrected chi connectivity index (χ4v) is 3.93. The number of hydrogen-bond acceptors (Lipinski definition) is 4. The van der Waals surface area contributed by atoms with Gasteiger partial charge in [-0.1, -0.05) is 29.3 Å². The molecule has 0 aliphatic carbocycles. The van der Waals surface area contributed by atoms with Crippen LogP contribution in [-0.2, 0) is 19.4 Å². The maximum Gasteiger partial charge on any atom is 0.313 e. The van der Waals surface area contributed by atoms with E-state index in [4.69, 9.17) is 27.9 Å². The molecule has 0 bridgehead atoms. The van der Waals surface area contributed by atoms with Crippen molar-refractivity contribution in [2.24, 2.45) is 0 Å². The van der Waals surface area contributed by atoms with E-state index in [1.54, 1.807) is 25.1 Å². The molecular formula is C13H14Cl2O4S. The molecule has 1 aliphatic heterocycles. The molecule has 1 heterocycles. The van der Waals surface area contributed by atoms with Crippen molar-refractivity contribution in [1.29, 1.82) is 0 Å². The molecular weight excluding hydrogens is 323 g/mol. The number of benzene rings is 1. The van der Waals surface area contributed by atoms with Crippen molar-refractivity contribution in [2.75, 3.05) is 11.5 Å². The van der Waals surface area contributed by atoms with Crippen LogP contribution in [0, 0.1) is 0 Å². The van der Waals surface area contributed by atoms with Crippen LogP contribution in [0.2, 0.25) is 10.0 Å². The van der Waals surface area contributed by atoms with Crippen molar-refractivity contribution in [3.05, 3.63) is 33.8 Å². The van der Waals surface area contributed by atoms with Gasteiger partial charge in [-0.2, -0.15) is 0 Å². The Morgan fingerprint density at radius 2 is 2.05 bits per heavy atom. The van der Waals surface area contributed by atoms with Crippen LogP contribution in [0.25, 0.3) is 0 Å². The molecule has 0 amide bonds. The third-order valence-electron chi connectivity index (χ3n) is 3.27. The van der Waals surface area contributed by atoms with Crippen molar-refractivity contribution in [2.45, 2.75) is 25.4 Å². The Kier molecular flexibility index (Phi) is 4.62. The SMILES string of the molecule is C[C@H](C(=O)O[C@@H]1CCS(=O)(=O)C1)c1ccc(Cl)c(Cl)c1. The third-order valence-corrected chi connectivity index (χ3v) is 5.75. The molecule has 1 fully saturated rings. The fraction of sp³-hybridized carbons (Fsp3) is 0.462. The summed E-state index contributed by atoms with van der Waals surface area (Å²) >= 11 is 11.7. The van der Waals surface area contributed by atoms with Gasteiger partial charge in [-0.25, -0.2) is 8.42 Å². The standard InChI is InChI=1S/C13H14Cl2O4S/c1-8(9-2-3-11(14)12(15)6-9)13(16)19-10-4-5-20(17,18)7-10/h2-3,6,8,10H,4-5,7H2,1H3/t8-,10+/m0/s1. The summed E-state index contributed by atoms with van der Waals surface area (Å²) in [6.07, 6.45) is -0.181. The van der Waals surface area contributed by atoms with E-state index in [1.165, 1.54) is 0 Å². The zero-order valence-electron chi connectivity index (χ0n) is 10.8. The average Bonchev–Trinajstić information content (AvgIpc) is 2.71. The minimum Gasteiger partial charge on any atom is -0.461 e. The predicted molar refractivity (Wildman–Crippen MR) is 78.0 cm³/mol. The van der Waals surface area contributed by atoms with Gasteiger partial charge in [0.2, 0.25) is 0 Å². The minimum absolute atomic E-state index is 0.0755. The van der Waals surface area contributed by atoms with Crippen LogP contribution in [0.4, 0.5) is 0 Å². The summed E-state index contributed by atoms with van der Waals surface area (Å²) in [4.78, 5) is 12.0. The van der Waals surface area contributed by atoms with E-state index in [-0.39, 0.29) is 11.5 Å². The van der Waals surface area contributed by atoms with E-state index < -0.39 is 27.8 Å². The van der Waals surface area contributed by atoms with E-state index in [2.05, 4.69) is 0 Å². The maximum atomic E-state index is 12.0. The Labute approximate surface area is 127 Å². The Balaban J connectivity index is 2.03. The van der Waals surface area contributed by atoms with Gasteiger partial charge in [-0.15, -0.1) is 0 Å². The van der Waals surface area contributed by atoms with Crippen molar-refractivity contribution >= 4 is 39.0 Å². The van der Waals surface area contributed by atoms with E-state index >= 15 is 0 Å². The molecule has 2 atom stereocenters. The fourth-order valence-electron chi connectivity index (χ4n) is 2.04. The molecule has 0 aromatic heterocycles. The lowest BCUT2D eigenvalue weighted by molar-refractivity contribution is -0.149. The Hall–Kier alpha value is -0.780. The highest BCUT2D eigenvalue weighted by Crippen LogP contribution is 2.27. The van der Waals surface area contributed by atoms with E-state index in [0.717, 1.165) is 0 Å². The summed E-state index contributed by atoms with van der Waals surface area (Å²) in [5.41, 5.74) is 0.685. The first-order chi connectivity index (χ1) is 9.28. The number of rotatable bonds is 3. The highest BCUT2D eigenvalue weighted by molar-refractivity contribution is 7.91. The lowest BCUT2D eigenvalue weighted by Crippen LogP contribution is -2.22. The second kappa shape index (κ2) is 5.92. The number of sulfone groups is 1. The quantitative estimate of drug-likeness (QED) is 0.796. The minimum atomic E-state index is -3.06. The number of carbonyl (C=O) groups excluding carboxylic acids is 1. The summed E-state index contributed by atoms with van der Waals surface area (Å²) < 4.78 is 27.9. The van der Waals surface area contributed by atoms with Crippen LogP contribution in [0.3, 0.4) is 0 Å². The van der Waals surface area contributed by atoms with Gasteiger partial charge in [0.25, 0.3) is 0 Å². The summed E-state index contributed by atoms with van der Waals surface area (Å²) in [7, 11) is -3.06. The molecule has 1 aromatic carbocycles. The normalized spacial score (nSPS) is 22.4. The first-order valence-electron chi connectivity index (χ1n) is 6.14. The number of hydrogen-bond donors (Lipinski definition) is 0. The van der Waals surface area contributed by atoms with Crippen LogP contribution in [-0.4, -0.2) is 32.0 Å². The van der Waals surface area contributed by atoms with Crippen LogP contribution in [0.15, 0.2) is 18.2 Å². The van der Waals surface area contributed by atoms with Crippen molar-refractivity contribution in [3.63, 3.8) is 0 Å². The summed E-state index contributed by atoms with van der Waals surface area (Å²) in [5.74, 6) is -0.989. The summed E-state index contributed by atoms with van der Waals surface area (Å²) in [6, 6.07) is 4.93. The van der Waals surface area contributed by atoms with Crippen LogP contribution in [0.5, 0.6) is 0 Å². The second-order valence-corrected chi connectivity index (χ2v) is 7.90. The zero-order chi connectivity index (χ0) is 14.9. The predicted octanol–water partition coefficient (Wildman–Crippen LogP) is 2.83. The lowest BCUT2D eigenvalue weighted by atomic mass is 10.0. The second-order valence-electron chi connectivity index (χ2n) is 4.86. The van der Waals surface area contributed by atoms with Gasteiger partial charge in [-0.3, -0.25) is 4.79 Å². The first-order valence-corrected chi connectivity index (χ1v) is 8.72. The molecule has 1 aromatic rings. The molecule has 110 valence electrons. The van der Waals surface area contributed by atoms with Gasteiger partial charge in [-0.05, 0) is 31.0 Å². The molecule has 1 aliphatic rings. The smallest absolute Gasteiger partial charge is 0.313 e. The Bertz CT molecular complexity index is 627. The number of esters is 1. The van der Waals surface area contributed by atoms with E-state index in [0.29, 0.717) is 22.0 Å². The summed E-state index contributed by atoms with van der Waals surface area (Å²) in [5, 5.41) is 0.783. The van der Waals surface area contributed by atoms with Crippen LogP contribution >= 0.6 is 23.2 Å². The van der Waals surface area contributed by atoms with Crippen LogP contribution < -0.4 is 0 Å². The highest BCUT2D eigenvalue weighted by atomic mass is 35.5. The molecule has 4 nitrogen and oxygen atoms in total. The van der Waals surface area contributed by atoms with Crippen molar-refractivity contribution < 1.29 is 17.9 Å². The number of ether oxygens (including phenoxy) is 1. The first kappa shape index (κ1) is 15.6. The van der Waals surface area contributed by atoms with Crippen molar-refractivity contribution in [3.8, 4) is 0 Å². The highest BCUT2D eigenvalue weighted by Gasteiger charge is 2.32. The Morgan fingerprint density at radius 3 is 2.60 bits per heavy atom. The lowest BCUT2D eigenvalue weighted by Gasteiger charge is -2.15. The molecule has 0 saturated carbocycles. The summed E-state index contributed by atoms with van der Waals surface area (Å²) in [6.45, 7) is 1.69. The molecule has 7 heteroatoms. The molecule has 20 heavy (non-hydrogen) atoms. The maximum absolute atomic E-state index is 12.0. The van der Waals surface area contributed by atoms with Crippen molar-refractivity contribution in [1.82, 2.24) is 0 Å². The van der Waals surface area contributed by atoms with Gasteiger partial charge < -0.3 is 4.74 Å². The molecule has 0 radical (unpaired) electrons. The van der Waals surface area contributed by atoms with Gasteiger partial charge in [0.05, 0.1) is 27.5 Å². The van der Waals surface area contributed by atoms with E-state index in [9.17, 15) is 13.2 Å². The molecule has 0 unspecified atom stereocenters. The topological polar surface area (TPSA) is 60.4 Å².